The van der Waals surface area contributed by atoms with Crippen molar-refractivity contribution in [3.05, 3.63) is 34.7 Å². The number of rotatable bonds is 7. The third-order valence-corrected chi connectivity index (χ3v) is 6.62. The first-order valence-corrected chi connectivity index (χ1v) is 11.2. The van der Waals surface area contributed by atoms with E-state index in [4.69, 9.17) is 9.47 Å². The van der Waals surface area contributed by atoms with E-state index in [9.17, 15) is 19.5 Å². The number of thiophene rings is 1. The highest BCUT2D eigenvalue weighted by molar-refractivity contribution is 7.17. The van der Waals surface area contributed by atoms with Crippen molar-refractivity contribution in [1.82, 2.24) is 0 Å². The molecule has 1 saturated carbocycles. The van der Waals surface area contributed by atoms with Gasteiger partial charge in [0.1, 0.15) is 16.3 Å². The smallest absolute Gasteiger partial charge is 0.341 e. The number of benzene rings is 1. The van der Waals surface area contributed by atoms with Gasteiger partial charge < -0.3 is 19.9 Å². The Hall–Kier alpha value is -2.87. The molecule has 2 aromatic rings. The first kappa shape index (κ1) is 22.8. The van der Waals surface area contributed by atoms with E-state index in [-0.39, 0.29) is 12.5 Å². The predicted octanol–water partition coefficient (Wildman–Crippen LogP) is 4.74. The van der Waals surface area contributed by atoms with Crippen LogP contribution in [0.3, 0.4) is 0 Å². The molecule has 3 rings (SSSR count). The van der Waals surface area contributed by atoms with Crippen LogP contribution in [0.25, 0.3) is 11.1 Å². The van der Waals surface area contributed by atoms with Crippen LogP contribution in [-0.4, -0.2) is 36.7 Å². The lowest BCUT2D eigenvalue weighted by Gasteiger charge is -2.27. The van der Waals surface area contributed by atoms with E-state index in [2.05, 4.69) is 5.32 Å². The second-order valence-electron chi connectivity index (χ2n) is 7.51. The number of amides is 1. The van der Waals surface area contributed by atoms with E-state index in [1.165, 1.54) is 11.3 Å². The monoisotopic (exact) mass is 445 g/mol. The van der Waals surface area contributed by atoms with Gasteiger partial charge in [-0.25, -0.2) is 4.79 Å². The fourth-order valence-electron chi connectivity index (χ4n) is 4.08. The molecule has 0 radical (unpaired) electrons. The summed E-state index contributed by atoms with van der Waals surface area (Å²) in [4.78, 5) is 38.3. The average molecular weight is 446 g/mol. The van der Waals surface area contributed by atoms with E-state index < -0.39 is 23.8 Å². The highest BCUT2D eigenvalue weighted by Crippen LogP contribution is 2.41. The SMILES string of the molecule is CCOC(=O)c1c(NC(=O)[C@H]2CCCC[C@@H]2C(=O)O)sc(C)c1-c1ccc(OC)cc1. The van der Waals surface area contributed by atoms with Crippen molar-refractivity contribution in [3.8, 4) is 16.9 Å². The summed E-state index contributed by atoms with van der Waals surface area (Å²) in [5, 5.41) is 12.8. The molecular formula is C23H27NO6S. The minimum atomic E-state index is -0.952. The Bertz CT molecular complexity index is 965. The molecule has 31 heavy (non-hydrogen) atoms. The molecule has 1 aliphatic carbocycles. The van der Waals surface area contributed by atoms with Gasteiger partial charge in [-0.3, -0.25) is 9.59 Å². The van der Waals surface area contributed by atoms with Crippen LogP contribution in [0.2, 0.25) is 0 Å². The molecule has 0 spiro atoms. The average Bonchev–Trinajstić information content (AvgIpc) is 3.09. The van der Waals surface area contributed by atoms with E-state index in [1.54, 1.807) is 26.2 Å². The van der Waals surface area contributed by atoms with Gasteiger partial charge in [-0.15, -0.1) is 11.3 Å². The molecule has 1 aliphatic rings. The van der Waals surface area contributed by atoms with Crippen molar-refractivity contribution in [1.29, 1.82) is 0 Å². The van der Waals surface area contributed by atoms with Gasteiger partial charge in [0.25, 0.3) is 0 Å². The molecule has 166 valence electrons. The molecule has 1 heterocycles. The zero-order chi connectivity index (χ0) is 22.5. The normalized spacial score (nSPS) is 18.3. The van der Waals surface area contributed by atoms with Crippen LogP contribution in [0.1, 0.15) is 47.8 Å². The van der Waals surface area contributed by atoms with E-state index >= 15 is 0 Å². The third-order valence-electron chi connectivity index (χ3n) is 5.60. The number of methoxy groups -OCH3 is 1. The lowest BCUT2D eigenvalue weighted by Crippen LogP contribution is -2.36. The van der Waals surface area contributed by atoms with E-state index in [0.717, 1.165) is 23.3 Å². The second kappa shape index (κ2) is 9.96. The Labute approximate surface area is 185 Å². The van der Waals surface area contributed by atoms with Crippen molar-refractivity contribution in [2.24, 2.45) is 11.8 Å². The summed E-state index contributed by atoms with van der Waals surface area (Å²) in [6.45, 7) is 3.80. The fraction of sp³-hybridized carbons (Fsp3) is 0.435. The maximum atomic E-state index is 13.0. The summed E-state index contributed by atoms with van der Waals surface area (Å²) in [6.07, 6.45) is 2.62. The highest BCUT2D eigenvalue weighted by atomic mass is 32.1. The lowest BCUT2D eigenvalue weighted by atomic mass is 9.78. The number of carboxylic acid groups (broad SMARTS) is 1. The number of carboxylic acids is 1. The van der Waals surface area contributed by atoms with Gasteiger partial charge >= 0.3 is 11.9 Å². The summed E-state index contributed by atoms with van der Waals surface area (Å²) < 4.78 is 10.5. The Balaban J connectivity index is 1.98. The largest absolute Gasteiger partial charge is 0.497 e. The molecule has 2 N–H and O–H groups in total. The molecule has 0 saturated heterocycles. The minimum absolute atomic E-state index is 0.201. The Morgan fingerprint density at radius 3 is 2.35 bits per heavy atom. The summed E-state index contributed by atoms with van der Waals surface area (Å²) in [6, 6.07) is 7.31. The topological polar surface area (TPSA) is 102 Å². The van der Waals surface area contributed by atoms with Crippen LogP contribution in [-0.2, 0) is 14.3 Å². The molecule has 1 fully saturated rings. The van der Waals surface area contributed by atoms with Crippen LogP contribution in [0, 0.1) is 18.8 Å². The molecule has 8 heteroatoms. The summed E-state index contributed by atoms with van der Waals surface area (Å²) in [5.74, 6) is -2.46. The second-order valence-corrected chi connectivity index (χ2v) is 8.74. The number of ether oxygens (including phenoxy) is 2. The van der Waals surface area contributed by atoms with Crippen molar-refractivity contribution in [3.63, 3.8) is 0 Å². The Kier molecular flexibility index (Phi) is 7.33. The molecule has 1 amide bonds. The van der Waals surface area contributed by atoms with Crippen LogP contribution < -0.4 is 10.1 Å². The molecule has 0 aliphatic heterocycles. The number of hydrogen-bond acceptors (Lipinski definition) is 6. The molecular weight excluding hydrogens is 418 g/mol. The lowest BCUT2D eigenvalue weighted by molar-refractivity contribution is -0.147. The standard InChI is InChI=1S/C23H27NO6S/c1-4-30-23(28)19-18(14-9-11-15(29-3)12-10-14)13(2)31-21(19)24-20(25)16-7-5-6-8-17(16)22(26)27/h9-12,16-17H,4-8H2,1-3H3,(H,24,25)(H,26,27)/t16-,17-/m0/s1. The zero-order valence-electron chi connectivity index (χ0n) is 17.9. The fourth-order valence-corrected chi connectivity index (χ4v) is 5.15. The van der Waals surface area contributed by atoms with Crippen molar-refractivity contribution < 1.29 is 29.0 Å². The first-order valence-electron chi connectivity index (χ1n) is 10.4. The van der Waals surface area contributed by atoms with Crippen LogP contribution in [0.5, 0.6) is 5.75 Å². The van der Waals surface area contributed by atoms with Gasteiger partial charge in [0.15, 0.2) is 0 Å². The molecule has 7 nitrogen and oxygen atoms in total. The van der Waals surface area contributed by atoms with Crippen LogP contribution in [0.4, 0.5) is 5.00 Å². The minimum Gasteiger partial charge on any atom is -0.497 e. The van der Waals surface area contributed by atoms with Crippen molar-refractivity contribution >= 4 is 34.2 Å². The van der Waals surface area contributed by atoms with E-state index in [0.29, 0.717) is 34.7 Å². The Morgan fingerprint density at radius 1 is 1.13 bits per heavy atom. The first-order chi connectivity index (χ1) is 14.9. The zero-order valence-corrected chi connectivity index (χ0v) is 18.7. The molecule has 1 aromatic heterocycles. The number of esters is 1. The maximum absolute atomic E-state index is 13.0. The van der Waals surface area contributed by atoms with Crippen molar-refractivity contribution in [2.45, 2.75) is 39.5 Å². The number of aliphatic carboxylic acids is 1. The molecule has 0 bridgehead atoms. The molecule has 0 unspecified atom stereocenters. The van der Waals surface area contributed by atoms with Gasteiger partial charge in [0.2, 0.25) is 5.91 Å². The Morgan fingerprint density at radius 2 is 1.77 bits per heavy atom. The maximum Gasteiger partial charge on any atom is 0.341 e. The van der Waals surface area contributed by atoms with E-state index in [1.807, 2.05) is 19.1 Å². The molecule has 1 aromatic carbocycles. The van der Waals surface area contributed by atoms with Gasteiger partial charge in [-0.1, -0.05) is 25.0 Å². The summed E-state index contributed by atoms with van der Waals surface area (Å²) in [7, 11) is 1.58. The number of nitrogens with one attached hydrogen (secondary N) is 1. The summed E-state index contributed by atoms with van der Waals surface area (Å²) >= 11 is 1.29. The predicted molar refractivity (Wildman–Crippen MR) is 119 cm³/mol. The third kappa shape index (κ3) is 4.90. The summed E-state index contributed by atoms with van der Waals surface area (Å²) in [5.41, 5.74) is 1.80. The molecule has 2 atom stereocenters. The number of anilines is 1. The van der Waals surface area contributed by atoms with Gasteiger partial charge in [0, 0.05) is 10.4 Å². The number of hydrogen-bond donors (Lipinski definition) is 2. The van der Waals surface area contributed by atoms with Crippen molar-refractivity contribution in [2.75, 3.05) is 19.0 Å². The number of carbonyl (C=O) groups excluding carboxylic acids is 2. The number of aryl methyl sites for hydroxylation is 1. The van der Waals surface area contributed by atoms with Crippen LogP contribution in [0.15, 0.2) is 24.3 Å². The quantitative estimate of drug-likeness (QED) is 0.597. The van der Waals surface area contributed by atoms with Gasteiger partial charge in [-0.2, -0.15) is 0 Å². The van der Waals surface area contributed by atoms with Crippen LogP contribution >= 0.6 is 11.3 Å². The van der Waals surface area contributed by atoms with Gasteiger partial charge in [0.05, 0.1) is 25.6 Å². The highest BCUT2D eigenvalue weighted by Gasteiger charge is 2.37. The van der Waals surface area contributed by atoms with Gasteiger partial charge in [-0.05, 0) is 44.4 Å². The number of carbonyl (C=O) groups is 3.